The fourth-order valence-corrected chi connectivity index (χ4v) is 3.68. The minimum Gasteiger partial charge on any atom is -0.356 e. The molecule has 2 fully saturated rings. The van der Waals surface area contributed by atoms with Gasteiger partial charge in [0.25, 0.3) is 0 Å². The van der Waals surface area contributed by atoms with E-state index in [4.69, 9.17) is 0 Å². The highest BCUT2D eigenvalue weighted by Gasteiger charge is 2.34. The van der Waals surface area contributed by atoms with Gasteiger partial charge in [-0.2, -0.15) is 0 Å². The van der Waals surface area contributed by atoms with Crippen molar-refractivity contribution in [2.75, 3.05) is 33.2 Å². The molecule has 1 aliphatic carbocycles. The van der Waals surface area contributed by atoms with E-state index in [2.05, 4.69) is 34.4 Å². The number of rotatable bonds is 7. The zero-order valence-corrected chi connectivity index (χ0v) is 17.0. The van der Waals surface area contributed by atoms with E-state index in [1.54, 1.807) is 0 Å². The van der Waals surface area contributed by atoms with Crippen LogP contribution < -0.4 is 10.6 Å². The Hall–Kier alpha value is -0.0400. The number of hydrogen-bond donors (Lipinski definition) is 2. The molecule has 2 rings (SSSR count). The summed E-state index contributed by atoms with van der Waals surface area (Å²) < 4.78 is 0. The van der Waals surface area contributed by atoms with Gasteiger partial charge in [-0.1, -0.05) is 20.3 Å². The standard InChI is InChI=1S/C17H34N4.HI/c1-4-15(21-11-6-7-12-21)13-19-16(18-3)20-14-17(5-2)9-8-10-17;/h15H,4-14H2,1-3H3,(H2,18,19,20);1H. The van der Waals surface area contributed by atoms with E-state index in [-0.39, 0.29) is 24.0 Å². The van der Waals surface area contributed by atoms with Crippen LogP contribution in [-0.2, 0) is 0 Å². The highest BCUT2D eigenvalue weighted by molar-refractivity contribution is 14.0. The van der Waals surface area contributed by atoms with Crippen molar-refractivity contribution in [3.05, 3.63) is 0 Å². The zero-order valence-electron chi connectivity index (χ0n) is 14.7. The normalized spacial score (nSPS) is 22.6. The Kier molecular flexibility index (Phi) is 9.05. The van der Waals surface area contributed by atoms with Crippen LogP contribution in [0.4, 0.5) is 0 Å². The van der Waals surface area contributed by atoms with Gasteiger partial charge >= 0.3 is 0 Å². The monoisotopic (exact) mass is 422 g/mol. The third-order valence-corrected chi connectivity index (χ3v) is 5.65. The number of nitrogens with one attached hydrogen (secondary N) is 2. The number of guanidine groups is 1. The van der Waals surface area contributed by atoms with Crippen LogP contribution in [0.2, 0.25) is 0 Å². The molecular formula is C17H35IN4. The maximum Gasteiger partial charge on any atom is 0.191 e. The smallest absolute Gasteiger partial charge is 0.191 e. The summed E-state index contributed by atoms with van der Waals surface area (Å²) in [6, 6.07) is 0.648. The third kappa shape index (κ3) is 5.25. The lowest BCUT2D eigenvalue weighted by atomic mass is 9.67. The highest BCUT2D eigenvalue weighted by Crippen LogP contribution is 2.42. The second-order valence-corrected chi connectivity index (χ2v) is 6.82. The maximum atomic E-state index is 4.39. The van der Waals surface area contributed by atoms with Crippen molar-refractivity contribution in [2.45, 2.75) is 64.8 Å². The first-order valence-electron chi connectivity index (χ1n) is 8.91. The number of likely N-dealkylation sites (tertiary alicyclic amines) is 1. The molecule has 130 valence electrons. The molecule has 0 bridgehead atoms. The summed E-state index contributed by atoms with van der Waals surface area (Å²) in [5, 5.41) is 7.09. The molecule has 0 amide bonds. The Bertz CT molecular complexity index is 330. The number of aliphatic imine (C=N–C) groups is 1. The van der Waals surface area contributed by atoms with E-state index in [1.165, 1.54) is 58.0 Å². The lowest BCUT2D eigenvalue weighted by Gasteiger charge is -2.41. The molecule has 0 spiro atoms. The fraction of sp³-hybridized carbons (Fsp3) is 0.941. The van der Waals surface area contributed by atoms with E-state index in [0.29, 0.717) is 11.5 Å². The van der Waals surface area contributed by atoms with E-state index in [0.717, 1.165) is 19.0 Å². The van der Waals surface area contributed by atoms with Crippen molar-refractivity contribution in [2.24, 2.45) is 10.4 Å². The van der Waals surface area contributed by atoms with Gasteiger partial charge in [0.15, 0.2) is 5.96 Å². The molecule has 0 aromatic carbocycles. The third-order valence-electron chi connectivity index (χ3n) is 5.65. The average molecular weight is 422 g/mol. The first kappa shape index (κ1) is 20.0. The van der Waals surface area contributed by atoms with Crippen molar-refractivity contribution < 1.29 is 0 Å². The molecule has 0 radical (unpaired) electrons. The summed E-state index contributed by atoms with van der Waals surface area (Å²) >= 11 is 0. The van der Waals surface area contributed by atoms with E-state index in [1.807, 2.05) is 7.05 Å². The topological polar surface area (TPSA) is 39.7 Å². The minimum atomic E-state index is 0. The second kappa shape index (κ2) is 9.96. The van der Waals surface area contributed by atoms with Gasteiger partial charge in [-0.15, -0.1) is 24.0 Å². The molecule has 5 heteroatoms. The Morgan fingerprint density at radius 3 is 2.27 bits per heavy atom. The molecule has 0 aromatic heterocycles. The molecule has 1 atom stereocenters. The van der Waals surface area contributed by atoms with Crippen LogP contribution in [0.1, 0.15) is 58.8 Å². The van der Waals surface area contributed by atoms with Crippen LogP contribution >= 0.6 is 24.0 Å². The molecule has 22 heavy (non-hydrogen) atoms. The molecule has 1 heterocycles. The SMILES string of the molecule is CCC(CNC(=NC)NCC1(CC)CCC1)N1CCCC1.I. The maximum absolute atomic E-state index is 4.39. The summed E-state index contributed by atoms with van der Waals surface area (Å²) in [6.45, 7) is 9.23. The molecule has 1 saturated carbocycles. The van der Waals surface area contributed by atoms with E-state index < -0.39 is 0 Å². The van der Waals surface area contributed by atoms with Crippen LogP contribution in [0.25, 0.3) is 0 Å². The minimum absolute atomic E-state index is 0. The number of halogens is 1. The van der Waals surface area contributed by atoms with Gasteiger partial charge in [-0.05, 0) is 57.0 Å². The summed E-state index contributed by atoms with van der Waals surface area (Å²) in [7, 11) is 1.88. The lowest BCUT2D eigenvalue weighted by Crippen LogP contribution is -2.49. The van der Waals surface area contributed by atoms with Gasteiger partial charge < -0.3 is 10.6 Å². The van der Waals surface area contributed by atoms with Crippen LogP contribution in [0, 0.1) is 5.41 Å². The summed E-state index contributed by atoms with van der Waals surface area (Å²) in [5.41, 5.74) is 0.538. The van der Waals surface area contributed by atoms with E-state index >= 15 is 0 Å². The molecule has 2 aliphatic rings. The van der Waals surface area contributed by atoms with Crippen molar-refractivity contribution in [3.63, 3.8) is 0 Å². The van der Waals surface area contributed by atoms with Gasteiger partial charge in [-0.25, -0.2) is 0 Å². The predicted molar refractivity (Wildman–Crippen MR) is 106 cm³/mol. The Balaban J connectivity index is 0.00000242. The van der Waals surface area contributed by atoms with Crippen LogP contribution in [0.3, 0.4) is 0 Å². The van der Waals surface area contributed by atoms with Crippen LogP contribution in [-0.4, -0.2) is 50.1 Å². The van der Waals surface area contributed by atoms with Crippen LogP contribution in [0.15, 0.2) is 4.99 Å². The largest absolute Gasteiger partial charge is 0.356 e. The van der Waals surface area contributed by atoms with E-state index in [9.17, 15) is 0 Å². The van der Waals surface area contributed by atoms with Gasteiger partial charge in [0.05, 0.1) is 0 Å². The van der Waals surface area contributed by atoms with Gasteiger partial charge in [0.2, 0.25) is 0 Å². The quantitative estimate of drug-likeness (QED) is 0.376. The molecule has 0 aromatic rings. The lowest BCUT2D eigenvalue weighted by molar-refractivity contribution is 0.131. The molecule has 4 nitrogen and oxygen atoms in total. The van der Waals surface area contributed by atoms with Crippen molar-refractivity contribution >= 4 is 29.9 Å². The summed E-state index contributed by atoms with van der Waals surface area (Å²) in [5.74, 6) is 0.979. The van der Waals surface area contributed by atoms with Crippen molar-refractivity contribution in [1.82, 2.24) is 15.5 Å². The van der Waals surface area contributed by atoms with Crippen LogP contribution in [0.5, 0.6) is 0 Å². The highest BCUT2D eigenvalue weighted by atomic mass is 127. The van der Waals surface area contributed by atoms with Gasteiger partial charge in [0.1, 0.15) is 0 Å². The predicted octanol–water partition coefficient (Wildman–Crippen LogP) is 3.22. The van der Waals surface area contributed by atoms with Crippen molar-refractivity contribution in [1.29, 1.82) is 0 Å². The molecule has 1 saturated heterocycles. The fourth-order valence-electron chi connectivity index (χ4n) is 3.68. The molecular weight excluding hydrogens is 387 g/mol. The molecule has 1 unspecified atom stereocenters. The van der Waals surface area contributed by atoms with Gasteiger partial charge in [0, 0.05) is 26.2 Å². The Labute approximate surface area is 153 Å². The van der Waals surface area contributed by atoms with Gasteiger partial charge in [-0.3, -0.25) is 9.89 Å². The number of hydrogen-bond acceptors (Lipinski definition) is 2. The molecule has 2 N–H and O–H groups in total. The first-order valence-corrected chi connectivity index (χ1v) is 8.91. The summed E-state index contributed by atoms with van der Waals surface area (Å²) in [6.07, 6.45) is 9.36. The average Bonchev–Trinajstić information content (AvgIpc) is 2.99. The Morgan fingerprint density at radius 1 is 1.14 bits per heavy atom. The number of nitrogens with zero attached hydrogens (tertiary/aromatic N) is 2. The Morgan fingerprint density at radius 2 is 1.82 bits per heavy atom. The molecule has 1 aliphatic heterocycles. The first-order chi connectivity index (χ1) is 10.2. The zero-order chi connectivity index (χ0) is 15.1. The second-order valence-electron chi connectivity index (χ2n) is 6.82. The summed E-state index contributed by atoms with van der Waals surface area (Å²) in [4.78, 5) is 7.02. The van der Waals surface area contributed by atoms with Crippen molar-refractivity contribution in [3.8, 4) is 0 Å².